The number of hydrogen-bond acceptors (Lipinski definition) is 6. The number of nitro groups is 1. The van der Waals surface area contributed by atoms with Gasteiger partial charge in [0.1, 0.15) is 10.0 Å². The first-order chi connectivity index (χ1) is 17.4. The lowest BCUT2D eigenvalue weighted by Gasteiger charge is -2.21. The molecular formula is C27H28N4O3S2. The molecule has 9 heteroatoms. The quantitative estimate of drug-likeness (QED) is 0.126. The van der Waals surface area contributed by atoms with E-state index < -0.39 is 4.92 Å². The molecular weight excluding hydrogens is 492 g/mol. The Morgan fingerprint density at radius 3 is 2.64 bits per heavy atom. The van der Waals surface area contributed by atoms with Crippen LogP contribution in [-0.2, 0) is 4.79 Å². The van der Waals surface area contributed by atoms with Crippen molar-refractivity contribution in [1.29, 1.82) is 0 Å². The number of carbonyl (C=O) groups is 1. The average Bonchev–Trinajstić information content (AvgIpc) is 3.43. The summed E-state index contributed by atoms with van der Waals surface area (Å²) in [5.41, 5.74) is 2.68. The van der Waals surface area contributed by atoms with Crippen molar-refractivity contribution in [1.82, 2.24) is 14.7 Å². The van der Waals surface area contributed by atoms with E-state index in [0.29, 0.717) is 38.5 Å². The molecule has 1 fully saturated rings. The van der Waals surface area contributed by atoms with E-state index in [1.54, 1.807) is 27.8 Å². The van der Waals surface area contributed by atoms with Gasteiger partial charge >= 0.3 is 0 Å². The van der Waals surface area contributed by atoms with Crippen LogP contribution in [0.5, 0.6) is 0 Å². The van der Waals surface area contributed by atoms with Crippen molar-refractivity contribution in [2.24, 2.45) is 5.92 Å². The van der Waals surface area contributed by atoms with E-state index in [2.05, 4.69) is 13.8 Å². The second-order valence-corrected chi connectivity index (χ2v) is 10.4. The monoisotopic (exact) mass is 520 g/mol. The number of amides is 1. The SMILES string of the molecule is CCCC[C@H](CC)CN1C(=O)/C(=C\c2cn(-c3ccccc3)nc2-c2cccc([N+](=O)[O-])c2)SC1=S. The molecule has 1 atom stereocenters. The Morgan fingerprint density at radius 2 is 1.94 bits per heavy atom. The Balaban J connectivity index is 1.71. The summed E-state index contributed by atoms with van der Waals surface area (Å²) in [6, 6.07) is 16.0. The number of benzene rings is 2. The summed E-state index contributed by atoms with van der Waals surface area (Å²) in [5.74, 6) is 0.311. The maximum Gasteiger partial charge on any atom is 0.270 e. The Bertz CT molecular complexity index is 1300. The molecule has 0 aliphatic carbocycles. The highest BCUT2D eigenvalue weighted by Crippen LogP contribution is 2.36. The minimum absolute atomic E-state index is 0.0169. The molecule has 186 valence electrons. The van der Waals surface area contributed by atoms with Crippen LogP contribution >= 0.6 is 24.0 Å². The first-order valence-electron chi connectivity index (χ1n) is 12.1. The summed E-state index contributed by atoms with van der Waals surface area (Å²) in [6.07, 6.45) is 7.97. The van der Waals surface area contributed by atoms with Crippen molar-refractivity contribution >= 4 is 46.0 Å². The number of aromatic nitrogens is 2. The van der Waals surface area contributed by atoms with Gasteiger partial charge in [0.05, 0.1) is 15.5 Å². The zero-order valence-corrected chi connectivity index (χ0v) is 21.9. The number of thiocarbonyl (C=S) groups is 1. The van der Waals surface area contributed by atoms with E-state index in [4.69, 9.17) is 17.3 Å². The molecule has 1 aliphatic heterocycles. The lowest BCUT2D eigenvalue weighted by Crippen LogP contribution is -2.33. The molecule has 1 saturated heterocycles. The Kier molecular flexibility index (Phi) is 8.32. The lowest BCUT2D eigenvalue weighted by molar-refractivity contribution is -0.384. The van der Waals surface area contributed by atoms with Gasteiger partial charge in [0.25, 0.3) is 11.6 Å². The Labute approximate surface area is 220 Å². The predicted molar refractivity (Wildman–Crippen MR) is 149 cm³/mol. The molecule has 0 unspecified atom stereocenters. The van der Waals surface area contributed by atoms with Crippen LogP contribution in [0, 0.1) is 16.0 Å². The highest BCUT2D eigenvalue weighted by Gasteiger charge is 2.33. The lowest BCUT2D eigenvalue weighted by atomic mass is 9.99. The van der Waals surface area contributed by atoms with Crippen LogP contribution in [-0.4, -0.2) is 36.4 Å². The van der Waals surface area contributed by atoms with E-state index in [9.17, 15) is 14.9 Å². The normalized spacial score (nSPS) is 15.6. The molecule has 7 nitrogen and oxygen atoms in total. The number of nitro benzene ring substituents is 1. The first kappa shape index (κ1) is 25.8. The maximum atomic E-state index is 13.3. The number of hydrogen-bond donors (Lipinski definition) is 0. The van der Waals surface area contributed by atoms with Crippen LogP contribution in [0.25, 0.3) is 23.0 Å². The fourth-order valence-electron chi connectivity index (χ4n) is 4.17. The summed E-state index contributed by atoms with van der Waals surface area (Å²) >= 11 is 6.87. The van der Waals surface area contributed by atoms with E-state index in [-0.39, 0.29) is 11.6 Å². The number of non-ortho nitro benzene ring substituents is 1. The summed E-state index contributed by atoms with van der Waals surface area (Å²) in [4.78, 5) is 26.5. The predicted octanol–water partition coefficient (Wildman–Crippen LogP) is 6.87. The summed E-state index contributed by atoms with van der Waals surface area (Å²) in [7, 11) is 0. The van der Waals surface area contributed by atoms with Crippen LogP contribution in [0.1, 0.15) is 45.1 Å². The van der Waals surface area contributed by atoms with Crippen molar-refractivity contribution in [2.75, 3.05) is 6.54 Å². The van der Waals surface area contributed by atoms with Crippen molar-refractivity contribution in [2.45, 2.75) is 39.5 Å². The molecule has 0 saturated carbocycles. The van der Waals surface area contributed by atoms with Crippen LogP contribution in [0.2, 0.25) is 0 Å². The van der Waals surface area contributed by atoms with Crippen molar-refractivity contribution in [3.63, 3.8) is 0 Å². The zero-order chi connectivity index (χ0) is 25.7. The molecule has 4 rings (SSSR count). The van der Waals surface area contributed by atoms with Gasteiger partial charge in [-0.2, -0.15) is 5.10 Å². The molecule has 0 spiro atoms. The van der Waals surface area contributed by atoms with Gasteiger partial charge in [-0.05, 0) is 30.5 Å². The Hall–Kier alpha value is -3.30. The van der Waals surface area contributed by atoms with Gasteiger partial charge in [-0.25, -0.2) is 4.68 Å². The van der Waals surface area contributed by atoms with Gasteiger partial charge in [0, 0.05) is 36.0 Å². The van der Waals surface area contributed by atoms with Crippen LogP contribution in [0.4, 0.5) is 5.69 Å². The van der Waals surface area contributed by atoms with E-state index >= 15 is 0 Å². The minimum atomic E-state index is -0.425. The highest BCUT2D eigenvalue weighted by molar-refractivity contribution is 8.26. The molecule has 1 aromatic heterocycles. The summed E-state index contributed by atoms with van der Waals surface area (Å²) < 4.78 is 2.28. The number of thioether (sulfide) groups is 1. The first-order valence-corrected chi connectivity index (χ1v) is 13.3. The molecule has 2 aromatic carbocycles. The number of para-hydroxylation sites is 1. The fraction of sp³-hybridized carbons (Fsp3) is 0.296. The van der Waals surface area contributed by atoms with Gasteiger partial charge in [-0.1, -0.05) is 87.4 Å². The number of nitrogens with zero attached hydrogens (tertiary/aromatic N) is 4. The van der Waals surface area contributed by atoms with E-state index in [1.807, 2.05) is 36.5 Å². The molecule has 0 radical (unpaired) electrons. The molecule has 1 aliphatic rings. The third-order valence-electron chi connectivity index (χ3n) is 6.24. The molecule has 36 heavy (non-hydrogen) atoms. The molecule has 3 aromatic rings. The van der Waals surface area contributed by atoms with Crippen molar-refractivity contribution in [3.05, 3.63) is 81.4 Å². The second-order valence-electron chi connectivity index (χ2n) is 8.73. The standard InChI is InChI=1S/C27H28N4O3S2/c1-3-5-10-19(4-2)17-29-26(32)24(36-27(29)35)16-21-18-30(22-12-7-6-8-13-22)28-25(21)20-11-9-14-23(15-20)31(33)34/h6-9,11-16,18-19H,3-5,10,17H2,1-2H3/b24-16+/t19-/m0/s1. The van der Waals surface area contributed by atoms with Gasteiger partial charge in [-0.3, -0.25) is 19.8 Å². The Morgan fingerprint density at radius 1 is 1.17 bits per heavy atom. The number of carbonyl (C=O) groups excluding carboxylic acids is 1. The number of rotatable bonds is 10. The molecule has 2 heterocycles. The molecule has 0 bridgehead atoms. The van der Waals surface area contributed by atoms with Crippen LogP contribution < -0.4 is 0 Å². The van der Waals surface area contributed by atoms with E-state index in [0.717, 1.165) is 31.4 Å². The second kappa shape index (κ2) is 11.6. The minimum Gasteiger partial charge on any atom is -0.293 e. The number of unbranched alkanes of at least 4 members (excludes halogenated alkanes) is 1. The van der Waals surface area contributed by atoms with Gasteiger partial charge in [0.2, 0.25) is 0 Å². The smallest absolute Gasteiger partial charge is 0.270 e. The average molecular weight is 521 g/mol. The summed E-state index contributed by atoms with van der Waals surface area (Å²) in [5, 5.41) is 16.1. The van der Waals surface area contributed by atoms with Gasteiger partial charge in [0.15, 0.2) is 0 Å². The fourth-order valence-corrected chi connectivity index (χ4v) is 5.44. The van der Waals surface area contributed by atoms with Gasteiger partial charge < -0.3 is 0 Å². The topological polar surface area (TPSA) is 81.3 Å². The van der Waals surface area contributed by atoms with Crippen molar-refractivity contribution < 1.29 is 9.72 Å². The summed E-state index contributed by atoms with van der Waals surface area (Å²) in [6.45, 7) is 4.94. The molecule has 1 amide bonds. The van der Waals surface area contributed by atoms with E-state index in [1.165, 1.54) is 23.9 Å². The van der Waals surface area contributed by atoms with Crippen LogP contribution in [0.3, 0.4) is 0 Å². The van der Waals surface area contributed by atoms with Crippen molar-refractivity contribution in [3.8, 4) is 16.9 Å². The molecule has 0 N–H and O–H groups in total. The highest BCUT2D eigenvalue weighted by atomic mass is 32.2. The van der Waals surface area contributed by atoms with Crippen LogP contribution in [0.15, 0.2) is 65.7 Å². The largest absolute Gasteiger partial charge is 0.293 e. The maximum absolute atomic E-state index is 13.3. The van der Waals surface area contributed by atoms with Gasteiger partial charge in [-0.15, -0.1) is 0 Å². The third kappa shape index (κ3) is 5.74. The third-order valence-corrected chi connectivity index (χ3v) is 7.62. The zero-order valence-electron chi connectivity index (χ0n) is 20.3.